The third-order valence-corrected chi connectivity index (χ3v) is 7.29. The molecule has 1 unspecified atom stereocenters. The molecule has 0 aromatic carbocycles. The first-order chi connectivity index (χ1) is 14.2. The quantitative estimate of drug-likeness (QED) is 0.671. The van der Waals surface area contributed by atoms with Crippen LogP contribution in [0.4, 0.5) is 0 Å². The van der Waals surface area contributed by atoms with Crippen LogP contribution in [0.1, 0.15) is 70.6 Å². The Morgan fingerprint density at radius 3 is 2.76 bits per heavy atom. The number of rotatable bonds is 7. The Morgan fingerprint density at radius 1 is 1.17 bits per heavy atom. The molecule has 1 aliphatic carbocycles. The fourth-order valence-electron chi connectivity index (χ4n) is 5.45. The van der Waals surface area contributed by atoms with Gasteiger partial charge in [-0.1, -0.05) is 25.7 Å². The maximum absolute atomic E-state index is 12.6. The normalized spacial score (nSPS) is 24.7. The number of likely N-dealkylation sites (tertiary alicyclic amines) is 1. The van der Waals surface area contributed by atoms with E-state index in [1.807, 2.05) is 12.1 Å². The Kier molecular flexibility index (Phi) is 7.06. The molecule has 1 saturated carbocycles. The van der Waals surface area contributed by atoms with Crippen LogP contribution < -0.4 is 4.74 Å². The Hall–Kier alpha value is -1.62. The van der Waals surface area contributed by atoms with Crippen molar-refractivity contribution in [3.8, 4) is 5.75 Å². The van der Waals surface area contributed by atoms with Crippen molar-refractivity contribution in [3.05, 3.63) is 24.5 Å². The van der Waals surface area contributed by atoms with E-state index in [9.17, 15) is 4.79 Å². The fourth-order valence-corrected chi connectivity index (χ4v) is 5.45. The van der Waals surface area contributed by atoms with Gasteiger partial charge < -0.3 is 14.4 Å². The van der Waals surface area contributed by atoms with Crippen molar-refractivity contribution in [2.24, 2.45) is 11.8 Å². The number of pyridine rings is 1. The van der Waals surface area contributed by atoms with Crippen LogP contribution in [0.2, 0.25) is 0 Å². The number of amides is 1. The summed E-state index contributed by atoms with van der Waals surface area (Å²) in [5, 5.41) is 0. The van der Waals surface area contributed by atoms with E-state index in [-0.39, 0.29) is 5.60 Å². The highest BCUT2D eigenvalue weighted by Gasteiger charge is 2.41. The molecule has 0 radical (unpaired) electrons. The van der Waals surface area contributed by atoms with Crippen LogP contribution >= 0.6 is 0 Å². The Labute approximate surface area is 175 Å². The monoisotopic (exact) mass is 400 g/mol. The largest absolute Gasteiger partial charge is 0.492 e. The first-order valence-electron chi connectivity index (χ1n) is 11.7. The highest BCUT2D eigenvalue weighted by Crippen LogP contribution is 2.39. The molecule has 160 valence electrons. The van der Waals surface area contributed by atoms with Crippen LogP contribution in [0.25, 0.3) is 0 Å². The molecule has 29 heavy (non-hydrogen) atoms. The van der Waals surface area contributed by atoms with Gasteiger partial charge in [-0.05, 0) is 62.5 Å². The summed E-state index contributed by atoms with van der Waals surface area (Å²) >= 11 is 0. The predicted octanol–water partition coefficient (Wildman–Crippen LogP) is 4.61. The molecule has 5 heteroatoms. The van der Waals surface area contributed by atoms with E-state index in [1.54, 1.807) is 12.4 Å². The summed E-state index contributed by atoms with van der Waals surface area (Å²) in [5.41, 5.74) is -0.0144. The Bertz CT molecular complexity index is 637. The summed E-state index contributed by atoms with van der Waals surface area (Å²) in [5.74, 6) is 2.65. The lowest BCUT2D eigenvalue weighted by Gasteiger charge is -2.46. The molecule has 4 rings (SSSR count). The van der Waals surface area contributed by atoms with Gasteiger partial charge in [-0.3, -0.25) is 9.78 Å². The minimum Gasteiger partial charge on any atom is -0.492 e. The molecule has 1 atom stereocenters. The molecule has 2 saturated heterocycles. The summed E-state index contributed by atoms with van der Waals surface area (Å²) in [6, 6.07) is 3.86. The number of aromatic nitrogens is 1. The number of carbonyl (C=O) groups excluding carboxylic acids is 1. The first-order valence-corrected chi connectivity index (χ1v) is 11.7. The zero-order valence-corrected chi connectivity index (χ0v) is 17.7. The molecule has 0 bridgehead atoms. The summed E-state index contributed by atoms with van der Waals surface area (Å²) < 4.78 is 12.1. The van der Waals surface area contributed by atoms with Crippen LogP contribution in [-0.2, 0) is 9.53 Å². The Morgan fingerprint density at radius 2 is 2.00 bits per heavy atom. The average Bonchev–Trinajstić information content (AvgIpc) is 3.27. The molecular formula is C24H36N2O3. The van der Waals surface area contributed by atoms with Gasteiger partial charge in [0.15, 0.2) is 0 Å². The molecule has 1 spiro atoms. The van der Waals surface area contributed by atoms with E-state index in [1.165, 1.54) is 25.7 Å². The van der Waals surface area contributed by atoms with Crippen LogP contribution in [0.15, 0.2) is 24.5 Å². The molecule has 3 fully saturated rings. The van der Waals surface area contributed by atoms with Gasteiger partial charge in [-0.15, -0.1) is 0 Å². The Balaban J connectivity index is 1.18. The molecule has 5 nitrogen and oxygen atoms in total. The predicted molar refractivity (Wildman–Crippen MR) is 113 cm³/mol. The van der Waals surface area contributed by atoms with E-state index in [0.29, 0.717) is 11.8 Å². The number of carbonyl (C=O) groups is 1. The molecule has 1 aromatic heterocycles. The third-order valence-electron chi connectivity index (χ3n) is 7.29. The van der Waals surface area contributed by atoms with Crippen LogP contribution in [0, 0.1) is 11.8 Å². The van der Waals surface area contributed by atoms with Gasteiger partial charge in [-0.2, -0.15) is 0 Å². The number of hydrogen-bond donors (Lipinski definition) is 0. The summed E-state index contributed by atoms with van der Waals surface area (Å²) in [6.07, 6.45) is 16.0. The second-order valence-electron chi connectivity index (χ2n) is 9.29. The van der Waals surface area contributed by atoms with Crippen molar-refractivity contribution in [3.63, 3.8) is 0 Å². The first kappa shape index (κ1) is 20.6. The highest BCUT2D eigenvalue weighted by molar-refractivity contribution is 5.76. The second-order valence-corrected chi connectivity index (χ2v) is 9.29. The minimum atomic E-state index is -0.0144. The molecule has 1 aromatic rings. The van der Waals surface area contributed by atoms with Crippen LogP contribution in [0.5, 0.6) is 5.75 Å². The molecule has 3 heterocycles. The standard InChI is InChI=1S/C24H36N2O3/c27-23(8-7-20-4-1-2-5-20)26-14-11-24(12-15-26)18-21(10-17-29-24)9-16-28-22-6-3-13-25-19-22/h3,6,13,19-21H,1-2,4-5,7-12,14-18H2. The molecule has 3 aliphatic rings. The molecule has 2 aliphatic heterocycles. The van der Waals surface area contributed by atoms with Crippen LogP contribution in [-0.4, -0.2) is 47.7 Å². The van der Waals surface area contributed by atoms with E-state index in [0.717, 1.165) is 82.9 Å². The fraction of sp³-hybridized carbons (Fsp3) is 0.750. The van der Waals surface area contributed by atoms with Crippen molar-refractivity contribution >= 4 is 5.91 Å². The number of hydrogen-bond acceptors (Lipinski definition) is 4. The maximum Gasteiger partial charge on any atom is 0.222 e. The second kappa shape index (κ2) is 9.92. The van der Waals surface area contributed by atoms with E-state index >= 15 is 0 Å². The highest BCUT2D eigenvalue weighted by atomic mass is 16.5. The van der Waals surface area contributed by atoms with E-state index < -0.39 is 0 Å². The van der Waals surface area contributed by atoms with Gasteiger partial charge >= 0.3 is 0 Å². The number of piperidine rings is 1. The summed E-state index contributed by atoms with van der Waals surface area (Å²) in [7, 11) is 0. The van der Waals surface area contributed by atoms with Crippen molar-refractivity contribution in [2.75, 3.05) is 26.3 Å². The van der Waals surface area contributed by atoms with Gasteiger partial charge in [0.05, 0.1) is 18.4 Å². The minimum absolute atomic E-state index is 0.0144. The zero-order valence-electron chi connectivity index (χ0n) is 17.7. The number of nitrogens with zero attached hydrogens (tertiary/aromatic N) is 2. The lowest BCUT2D eigenvalue weighted by Crippen LogP contribution is -2.50. The average molecular weight is 401 g/mol. The molecule has 1 amide bonds. The van der Waals surface area contributed by atoms with E-state index in [2.05, 4.69) is 9.88 Å². The maximum atomic E-state index is 12.6. The van der Waals surface area contributed by atoms with Gasteiger partial charge in [-0.25, -0.2) is 0 Å². The smallest absolute Gasteiger partial charge is 0.222 e. The lowest BCUT2D eigenvalue weighted by atomic mass is 9.78. The van der Waals surface area contributed by atoms with Gasteiger partial charge in [0, 0.05) is 32.3 Å². The van der Waals surface area contributed by atoms with Crippen molar-refractivity contribution in [1.82, 2.24) is 9.88 Å². The number of ether oxygens (including phenoxy) is 2. The van der Waals surface area contributed by atoms with E-state index in [4.69, 9.17) is 9.47 Å². The molecule has 0 N–H and O–H groups in total. The van der Waals surface area contributed by atoms with Crippen LogP contribution in [0.3, 0.4) is 0 Å². The van der Waals surface area contributed by atoms with Crippen molar-refractivity contribution < 1.29 is 14.3 Å². The topological polar surface area (TPSA) is 51.7 Å². The molecular weight excluding hydrogens is 364 g/mol. The summed E-state index contributed by atoms with van der Waals surface area (Å²) in [6.45, 7) is 3.30. The van der Waals surface area contributed by atoms with Gasteiger partial charge in [0.25, 0.3) is 0 Å². The zero-order chi connectivity index (χ0) is 19.9. The lowest BCUT2D eigenvalue weighted by molar-refractivity contribution is -0.147. The van der Waals surface area contributed by atoms with Crippen molar-refractivity contribution in [2.45, 2.75) is 76.2 Å². The van der Waals surface area contributed by atoms with Gasteiger partial charge in [0.2, 0.25) is 5.91 Å². The third kappa shape index (κ3) is 5.71. The van der Waals surface area contributed by atoms with Gasteiger partial charge in [0.1, 0.15) is 5.75 Å². The van der Waals surface area contributed by atoms with Crippen molar-refractivity contribution in [1.29, 1.82) is 0 Å². The summed E-state index contributed by atoms with van der Waals surface area (Å²) in [4.78, 5) is 18.8. The SMILES string of the molecule is O=C(CCC1CCCC1)N1CCC2(CC1)CC(CCOc1cccnc1)CCO2.